The van der Waals surface area contributed by atoms with E-state index < -0.39 is 29.8 Å². The van der Waals surface area contributed by atoms with Gasteiger partial charge in [-0.2, -0.15) is 0 Å². The van der Waals surface area contributed by atoms with E-state index in [2.05, 4.69) is 0 Å². The summed E-state index contributed by atoms with van der Waals surface area (Å²) in [5.41, 5.74) is 1.98. The summed E-state index contributed by atoms with van der Waals surface area (Å²) in [6.45, 7) is 1.46. The fourth-order valence-electron chi connectivity index (χ4n) is 5.21. The van der Waals surface area contributed by atoms with Crippen LogP contribution in [0.2, 0.25) is 5.02 Å². The maximum absolute atomic E-state index is 13.6. The van der Waals surface area contributed by atoms with Gasteiger partial charge in [-0.3, -0.25) is 14.4 Å². The van der Waals surface area contributed by atoms with Crippen molar-refractivity contribution in [1.29, 1.82) is 0 Å². The molecule has 3 aliphatic heterocycles. The molecule has 164 valence electrons. The number of hydrogen-bond donors (Lipinski definition) is 0. The van der Waals surface area contributed by atoms with Crippen molar-refractivity contribution in [2.75, 3.05) is 24.0 Å². The molecule has 2 amide bonds. The van der Waals surface area contributed by atoms with E-state index >= 15 is 0 Å². The summed E-state index contributed by atoms with van der Waals surface area (Å²) in [6, 6.07) is 9.17. The van der Waals surface area contributed by atoms with Crippen molar-refractivity contribution in [2.45, 2.75) is 19.0 Å². The maximum atomic E-state index is 13.6. The van der Waals surface area contributed by atoms with Crippen molar-refractivity contribution in [3.8, 4) is 11.5 Å². The van der Waals surface area contributed by atoms with Crippen LogP contribution in [0.15, 0.2) is 42.5 Å². The highest BCUT2D eigenvalue weighted by Crippen LogP contribution is 2.50. The lowest BCUT2D eigenvalue weighted by Crippen LogP contribution is -2.48. The molecule has 2 fully saturated rings. The number of carbonyl (C=O) groups excluding carboxylic acids is 3. The van der Waals surface area contributed by atoms with Crippen LogP contribution in [0.5, 0.6) is 11.5 Å². The molecule has 2 aromatic carbocycles. The van der Waals surface area contributed by atoms with E-state index in [9.17, 15) is 14.4 Å². The number of amides is 2. The SMILES string of the molecule is COc1ccc2c(c1)C=C[C@H]1[C@H]3C(=O)N(c4cc(Cl)ccc4OC)C(=O)[C@@H]3[C@H](C(C)=O)N21. The number of ketones is 1. The highest BCUT2D eigenvalue weighted by Gasteiger charge is 2.64. The standard InChI is InChI=1S/C24H21ClN2O5/c1-12(28)22-21-20(17-7-4-13-10-15(31-2)6-8-16(13)26(17)22)23(29)27(24(21)30)18-11-14(25)5-9-19(18)32-3/h4-11,17,20-22H,1-3H3/t17-,20+,21-,22-/m0/s1. The van der Waals surface area contributed by atoms with Crippen LogP contribution in [0.25, 0.3) is 6.08 Å². The van der Waals surface area contributed by atoms with Crippen molar-refractivity contribution in [3.63, 3.8) is 0 Å². The second-order valence-corrected chi connectivity index (χ2v) is 8.55. The Morgan fingerprint density at radius 2 is 1.72 bits per heavy atom. The zero-order valence-corrected chi connectivity index (χ0v) is 18.5. The normalized spacial score (nSPS) is 25.5. The summed E-state index contributed by atoms with van der Waals surface area (Å²) in [7, 11) is 3.06. The van der Waals surface area contributed by atoms with Crippen molar-refractivity contribution >= 4 is 46.6 Å². The molecule has 7 nitrogen and oxygen atoms in total. The Kier molecular flexibility index (Phi) is 4.74. The van der Waals surface area contributed by atoms with E-state index in [1.165, 1.54) is 20.1 Å². The van der Waals surface area contributed by atoms with Gasteiger partial charge in [-0.1, -0.05) is 23.8 Å². The summed E-state index contributed by atoms with van der Waals surface area (Å²) in [5.74, 6) is -1.38. The van der Waals surface area contributed by atoms with Crippen molar-refractivity contribution < 1.29 is 23.9 Å². The maximum Gasteiger partial charge on any atom is 0.240 e. The Bertz CT molecular complexity index is 1190. The number of carbonyl (C=O) groups is 3. The van der Waals surface area contributed by atoms with Gasteiger partial charge < -0.3 is 14.4 Å². The Balaban J connectivity index is 1.62. The highest BCUT2D eigenvalue weighted by atomic mass is 35.5. The van der Waals surface area contributed by atoms with E-state index in [1.807, 2.05) is 35.3 Å². The first-order valence-electron chi connectivity index (χ1n) is 10.2. The molecule has 2 aromatic rings. The third kappa shape index (κ3) is 2.77. The molecule has 3 aliphatic rings. The van der Waals surface area contributed by atoms with E-state index in [1.54, 1.807) is 19.2 Å². The number of ether oxygens (including phenoxy) is 2. The summed E-state index contributed by atoms with van der Waals surface area (Å²) in [6.07, 6.45) is 3.81. The van der Waals surface area contributed by atoms with E-state index in [0.717, 1.165) is 16.2 Å². The molecule has 0 radical (unpaired) electrons. The lowest BCUT2D eigenvalue weighted by molar-refractivity contribution is -0.126. The lowest BCUT2D eigenvalue weighted by atomic mass is 9.88. The lowest BCUT2D eigenvalue weighted by Gasteiger charge is -2.36. The fourth-order valence-corrected chi connectivity index (χ4v) is 5.38. The van der Waals surface area contributed by atoms with E-state index in [4.69, 9.17) is 21.1 Å². The molecule has 4 atom stereocenters. The van der Waals surface area contributed by atoms with Gasteiger partial charge in [-0.25, -0.2) is 4.90 Å². The molecule has 0 saturated carbocycles. The average molecular weight is 453 g/mol. The number of nitrogens with zero attached hydrogens (tertiary/aromatic N) is 2. The van der Waals surface area contributed by atoms with Gasteiger partial charge in [0.2, 0.25) is 11.8 Å². The van der Waals surface area contributed by atoms with Crippen molar-refractivity contribution in [2.24, 2.45) is 11.8 Å². The van der Waals surface area contributed by atoms with Crippen LogP contribution in [-0.4, -0.2) is 43.9 Å². The van der Waals surface area contributed by atoms with Gasteiger partial charge in [-0.05, 0) is 43.3 Å². The van der Waals surface area contributed by atoms with Crippen LogP contribution < -0.4 is 19.3 Å². The van der Waals surface area contributed by atoms with Crippen LogP contribution in [0.1, 0.15) is 12.5 Å². The van der Waals surface area contributed by atoms with Gasteiger partial charge in [0.25, 0.3) is 0 Å². The number of anilines is 2. The largest absolute Gasteiger partial charge is 0.497 e. The predicted molar refractivity (Wildman–Crippen MR) is 120 cm³/mol. The smallest absolute Gasteiger partial charge is 0.240 e. The van der Waals surface area contributed by atoms with Crippen molar-refractivity contribution in [1.82, 2.24) is 0 Å². The number of fused-ring (bicyclic) bond motifs is 5. The highest BCUT2D eigenvalue weighted by molar-refractivity contribution is 6.32. The van der Waals surface area contributed by atoms with E-state index in [0.29, 0.717) is 22.2 Å². The quantitative estimate of drug-likeness (QED) is 0.662. The summed E-state index contributed by atoms with van der Waals surface area (Å²) >= 11 is 6.15. The van der Waals surface area contributed by atoms with Crippen LogP contribution in [0.4, 0.5) is 11.4 Å². The minimum absolute atomic E-state index is 0.166. The van der Waals surface area contributed by atoms with Crippen molar-refractivity contribution in [3.05, 3.63) is 53.1 Å². The third-order valence-electron chi connectivity index (χ3n) is 6.51. The fraction of sp³-hybridized carbons (Fsp3) is 0.292. The molecule has 0 bridgehead atoms. The Morgan fingerprint density at radius 3 is 2.41 bits per heavy atom. The van der Waals surface area contributed by atoms with Crippen LogP contribution in [-0.2, 0) is 14.4 Å². The summed E-state index contributed by atoms with van der Waals surface area (Å²) in [4.78, 5) is 43.1. The molecule has 3 heterocycles. The molecule has 0 aliphatic carbocycles. The van der Waals surface area contributed by atoms with Crippen LogP contribution in [0.3, 0.4) is 0 Å². The Hall–Kier alpha value is -3.32. The number of rotatable bonds is 4. The number of imide groups is 1. The first-order chi connectivity index (χ1) is 15.4. The monoisotopic (exact) mass is 452 g/mol. The predicted octanol–water partition coefficient (Wildman–Crippen LogP) is 3.34. The molecule has 0 N–H and O–H groups in total. The van der Waals surface area contributed by atoms with Gasteiger partial charge in [-0.15, -0.1) is 0 Å². The van der Waals surface area contributed by atoms with Crippen LogP contribution >= 0.6 is 11.6 Å². The van der Waals surface area contributed by atoms with Gasteiger partial charge >= 0.3 is 0 Å². The van der Waals surface area contributed by atoms with Gasteiger partial charge in [0.15, 0.2) is 5.78 Å². The minimum atomic E-state index is -0.800. The van der Waals surface area contributed by atoms with Gasteiger partial charge in [0.05, 0.1) is 37.8 Å². The van der Waals surface area contributed by atoms with E-state index in [-0.39, 0.29) is 11.7 Å². The first kappa shape index (κ1) is 20.6. The second-order valence-electron chi connectivity index (χ2n) is 8.12. The van der Waals surface area contributed by atoms with Gasteiger partial charge in [0, 0.05) is 16.3 Å². The molecule has 32 heavy (non-hydrogen) atoms. The number of Topliss-reactive ketones (excluding diaryl/α,β-unsaturated/α-hetero) is 1. The number of methoxy groups -OCH3 is 2. The third-order valence-corrected chi connectivity index (χ3v) is 6.75. The molecule has 0 aromatic heterocycles. The topological polar surface area (TPSA) is 76.1 Å². The Labute approximate surface area is 190 Å². The number of benzene rings is 2. The zero-order chi connectivity index (χ0) is 22.7. The molecule has 0 unspecified atom stereocenters. The van der Waals surface area contributed by atoms with Crippen LogP contribution in [0, 0.1) is 11.8 Å². The van der Waals surface area contributed by atoms with Gasteiger partial charge in [0.1, 0.15) is 17.5 Å². The number of halogens is 1. The minimum Gasteiger partial charge on any atom is -0.497 e. The molecular weight excluding hydrogens is 432 g/mol. The average Bonchev–Trinajstić information content (AvgIpc) is 3.26. The second kappa shape index (κ2) is 7.38. The molecular formula is C24H21ClN2O5. The molecule has 8 heteroatoms. The zero-order valence-electron chi connectivity index (χ0n) is 17.7. The first-order valence-corrected chi connectivity index (χ1v) is 10.6. The molecule has 0 spiro atoms. The molecule has 5 rings (SSSR count). The summed E-state index contributed by atoms with van der Waals surface area (Å²) < 4.78 is 10.7. The summed E-state index contributed by atoms with van der Waals surface area (Å²) in [5, 5.41) is 0.378. The number of hydrogen-bond acceptors (Lipinski definition) is 6. The Morgan fingerprint density at radius 1 is 0.969 bits per heavy atom. The molecule has 2 saturated heterocycles.